The summed E-state index contributed by atoms with van der Waals surface area (Å²) in [5.74, 6) is 1.04. The molecule has 0 bridgehead atoms. The standard InChI is InChI=1S/C18H30N2O/c1-3-5-13-20(15-17-10-8-12-19-17)14-16-9-6-7-11-18(16)21-4-2/h6-7,9,11,17,19H,3-5,8,10,12-15H2,1-2H3. The van der Waals surface area contributed by atoms with Crippen LogP contribution in [0.2, 0.25) is 0 Å². The first-order valence-electron chi connectivity index (χ1n) is 8.50. The molecule has 118 valence electrons. The summed E-state index contributed by atoms with van der Waals surface area (Å²) >= 11 is 0. The molecule has 1 aromatic carbocycles. The van der Waals surface area contributed by atoms with Crippen LogP contribution in [0.5, 0.6) is 5.75 Å². The second kappa shape index (κ2) is 9.06. The van der Waals surface area contributed by atoms with Crippen molar-refractivity contribution in [1.29, 1.82) is 0 Å². The molecule has 0 aliphatic carbocycles. The lowest BCUT2D eigenvalue weighted by Gasteiger charge is -2.26. The molecule has 0 aromatic heterocycles. The predicted octanol–water partition coefficient (Wildman–Crippen LogP) is 3.44. The van der Waals surface area contributed by atoms with Gasteiger partial charge in [0.05, 0.1) is 6.61 Å². The van der Waals surface area contributed by atoms with Crippen molar-refractivity contribution in [3.63, 3.8) is 0 Å². The highest BCUT2D eigenvalue weighted by molar-refractivity contribution is 5.33. The predicted molar refractivity (Wildman–Crippen MR) is 88.8 cm³/mol. The van der Waals surface area contributed by atoms with Gasteiger partial charge in [-0.3, -0.25) is 4.90 Å². The largest absolute Gasteiger partial charge is 0.494 e. The molecule has 3 nitrogen and oxygen atoms in total. The van der Waals surface area contributed by atoms with Crippen LogP contribution in [0.4, 0.5) is 0 Å². The van der Waals surface area contributed by atoms with Gasteiger partial charge >= 0.3 is 0 Å². The van der Waals surface area contributed by atoms with E-state index in [1.807, 2.05) is 6.92 Å². The monoisotopic (exact) mass is 290 g/mol. The fourth-order valence-corrected chi connectivity index (χ4v) is 3.01. The molecule has 1 atom stereocenters. The number of rotatable bonds is 9. The van der Waals surface area contributed by atoms with Gasteiger partial charge in [0.25, 0.3) is 0 Å². The number of benzene rings is 1. The van der Waals surface area contributed by atoms with Crippen molar-refractivity contribution in [1.82, 2.24) is 10.2 Å². The maximum Gasteiger partial charge on any atom is 0.123 e. The summed E-state index contributed by atoms with van der Waals surface area (Å²) in [6.07, 6.45) is 5.16. The van der Waals surface area contributed by atoms with Crippen molar-refractivity contribution in [2.75, 3.05) is 26.2 Å². The van der Waals surface area contributed by atoms with E-state index in [-0.39, 0.29) is 0 Å². The Bertz CT molecular complexity index is 402. The van der Waals surface area contributed by atoms with Gasteiger partial charge in [0.15, 0.2) is 0 Å². The number of ether oxygens (including phenoxy) is 1. The second-order valence-corrected chi connectivity index (χ2v) is 5.92. The highest BCUT2D eigenvalue weighted by atomic mass is 16.5. The summed E-state index contributed by atoms with van der Waals surface area (Å²) < 4.78 is 5.77. The second-order valence-electron chi connectivity index (χ2n) is 5.92. The average Bonchev–Trinajstić information content (AvgIpc) is 3.00. The molecule has 1 N–H and O–H groups in total. The molecule has 1 aliphatic heterocycles. The molecule has 1 saturated heterocycles. The number of hydrogen-bond acceptors (Lipinski definition) is 3. The number of nitrogens with zero attached hydrogens (tertiary/aromatic N) is 1. The Labute approximate surface area is 129 Å². The summed E-state index contributed by atoms with van der Waals surface area (Å²) in [4.78, 5) is 2.59. The van der Waals surface area contributed by atoms with Crippen LogP contribution in [-0.4, -0.2) is 37.2 Å². The molecular weight excluding hydrogens is 260 g/mol. The van der Waals surface area contributed by atoms with E-state index >= 15 is 0 Å². The van der Waals surface area contributed by atoms with Crippen molar-refractivity contribution in [3.8, 4) is 5.75 Å². The SMILES string of the molecule is CCCCN(Cc1ccccc1OCC)CC1CCCN1. The van der Waals surface area contributed by atoms with Gasteiger partial charge in [-0.25, -0.2) is 0 Å². The van der Waals surface area contributed by atoms with Gasteiger partial charge in [-0.2, -0.15) is 0 Å². The summed E-state index contributed by atoms with van der Waals surface area (Å²) in [7, 11) is 0. The molecule has 1 aromatic rings. The van der Waals surface area contributed by atoms with Crippen LogP contribution in [0.3, 0.4) is 0 Å². The van der Waals surface area contributed by atoms with E-state index in [0.717, 1.165) is 25.4 Å². The van der Waals surface area contributed by atoms with Gasteiger partial charge in [-0.1, -0.05) is 31.5 Å². The molecule has 0 radical (unpaired) electrons. The van der Waals surface area contributed by atoms with Crippen molar-refractivity contribution < 1.29 is 4.74 Å². The third-order valence-electron chi connectivity index (χ3n) is 4.14. The van der Waals surface area contributed by atoms with Gasteiger partial charge in [-0.05, 0) is 45.3 Å². The van der Waals surface area contributed by atoms with Crippen molar-refractivity contribution in [2.24, 2.45) is 0 Å². The van der Waals surface area contributed by atoms with Crippen molar-refractivity contribution >= 4 is 0 Å². The van der Waals surface area contributed by atoms with E-state index < -0.39 is 0 Å². The maximum absolute atomic E-state index is 5.77. The fourth-order valence-electron chi connectivity index (χ4n) is 3.01. The number of nitrogens with one attached hydrogen (secondary N) is 1. The summed E-state index contributed by atoms with van der Waals surface area (Å²) in [5.41, 5.74) is 1.31. The van der Waals surface area contributed by atoms with E-state index in [1.165, 1.54) is 44.3 Å². The van der Waals surface area contributed by atoms with Crippen LogP contribution in [0.15, 0.2) is 24.3 Å². The minimum absolute atomic E-state index is 0.668. The van der Waals surface area contributed by atoms with Gasteiger partial charge < -0.3 is 10.1 Å². The zero-order valence-corrected chi connectivity index (χ0v) is 13.6. The van der Waals surface area contributed by atoms with Gasteiger partial charge in [0.2, 0.25) is 0 Å². The Morgan fingerprint density at radius 1 is 1.29 bits per heavy atom. The topological polar surface area (TPSA) is 24.5 Å². The maximum atomic E-state index is 5.77. The zero-order valence-electron chi connectivity index (χ0n) is 13.6. The van der Waals surface area contributed by atoms with Gasteiger partial charge in [-0.15, -0.1) is 0 Å². The van der Waals surface area contributed by atoms with Crippen LogP contribution in [-0.2, 0) is 6.54 Å². The number of unbranched alkanes of at least 4 members (excludes halogenated alkanes) is 1. The van der Waals surface area contributed by atoms with Crippen molar-refractivity contribution in [2.45, 2.75) is 52.1 Å². The molecular formula is C18H30N2O. The minimum atomic E-state index is 0.668. The molecule has 1 heterocycles. The van der Waals surface area contributed by atoms with E-state index in [2.05, 4.69) is 41.4 Å². The molecule has 0 spiro atoms. The Morgan fingerprint density at radius 3 is 2.86 bits per heavy atom. The quantitative estimate of drug-likeness (QED) is 0.754. The van der Waals surface area contributed by atoms with Crippen molar-refractivity contribution in [3.05, 3.63) is 29.8 Å². The summed E-state index contributed by atoms with van der Waals surface area (Å²) in [6, 6.07) is 9.13. The number of hydrogen-bond donors (Lipinski definition) is 1. The molecule has 0 saturated carbocycles. The highest BCUT2D eigenvalue weighted by Crippen LogP contribution is 2.21. The summed E-state index contributed by atoms with van der Waals surface area (Å²) in [6.45, 7) is 9.55. The first-order chi connectivity index (χ1) is 10.3. The van der Waals surface area contributed by atoms with Crippen LogP contribution in [0.1, 0.15) is 45.1 Å². The van der Waals surface area contributed by atoms with Crippen LogP contribution >= 0.6 is 0 Å². The van der Waals surface area contributed by atoms with Crippen LogP contribution in [0.25, 0.3) is 0 Å². The van der Waals surface area contributed by atoms with Crippen LogP contribution in [0, 0.1) is 0 Å². The Balaban J connectivity index is 1.99. The zero-order chi connectivity index (χ0) is 14.9. The molecule has 2 rings (SSSR count). The van der Waals surface area contributed by atoms with Crippen LogP contribution < -0.4 is 10.1 Å². The first-order valence-corrected chi connectivity index (χ1v) is 8.50. The lowest BCUT2D eigenvalue weighted by atomic mass is 10.1. The Morgan fingerprint density at radius 2 is 2.14 bits per heavy atom. The van der Waals surface area contributed by atoms with Gasteiger partial charge in [0.1, 0.15) is 5.75 Å². The summed E-state index contributed by atoms with van der Waals surface area (Å²) in [5, 5.41) is 3.62. The van der Waals surface area contributed by atoms with E-state index in [4.69, 9.17) is 4.74 Å². The Kier molecular flexibility index (Phi) is 7.04. The van der Waals surface area contributed by atoms with E-state index in [1.54, 1.807) is 0 Å². The molecule has 1 aliphatic rings. The minimum Gasteiger partial charge on any atom is -0.494 e. The normalized spacial score (nSPS) is 18.3. The van der Waals surface area contributed by atoms with E-state index in [9.17, 15) is 0 Å². The molecule has 1 unspecified atom stereocenters. The lowest BCUT2D eigenvalue weighted by Crippen LogP contribution is -2.37. The smallest absolute Gasteiger partial charge is 0.123 e. The first kappa shape index (κ1) is 16.3. The third-order valence-corrected chi connectivity index (χ3v) is 4.14. The third kappa shape index (κ3) is 5.33. The number of para-hydroxylation sites is 1. The molecule has 3 heteroatoms. The van der Waals surface area contributed by atoms with Gasteiger partial charge in [0, 0.05) is 24.7 Å². The Hall–Kier alpha value is -1.06. The molecule has 1 fully saturated rings. The highest BCUT2D eigenvalue weighted by Gasteiger charge is 2.18. The lowest BCUT2D eigenvalue weighted by molar-refractivity contribution is 0.232. The molecule has 0 amide bonds. The molecule has 21 heavy (non-hydrogen) atoms. The van der Waals surface area contributed by atoms with E-state index in [0.29, 0.717) is 6.04 Å². The average molecular weight is 290 g/mol. The fraction of sp³-hybridized carbons (Fsp3) is 0.667.